The van der Waals surface area contributed by atoms with Crippen LogP contribution in [0.4, 0.5) is 4.79 Å². The van der Waals surface area contributed by atoms with Crippen molar-refractivity contribution in [3.05, 3.63) is 59.9 Å². The van der Waals surface area contributed by atoms with Crippen molar-refractivity contribution in [2.24, 2.45) is 5.10 Å². The summed E-state index contributed by atoms with van der Waals surface area (Å²) in [7, 11) is 1.28. The molecule has 11 nitrogen and oxygen atoms in total. The van der Waals surface area contributed by atoms with Crippen LogP contribution in [-0.2, 0) is 9.53 Å². The molecule has 1 aliphatic heterocycles. The van der Waals surface area contributed by atoms with E-state index >= 15 is 0 Å². The maximum Gasteiger partial charge on any atom is 0.337 e. The van der Waals surface area contributed by atoms with Crippen LogP contribution in [-0.4, -0.2) is 56.5 Å². The molecule has 39 heavy (non-hydrogen) atoms. The monoisotopic (exact) mass is 764 g/mol. The van der Waals surface area contributed by atoms with Crippen molar-refractivity contribution in [2.75, 3.05) is 26.9 Å². The van der Waals surface area contributed by atoms with Gasteiger partial charge in [0.05, 0.1) is 45.3 Å². The molecule has 0 unspecified atom stereocenters. The average molecular weight is 764 g/mol. The molecule has 1 heterocycles. The number of benzene rings is 2. The lowest BCUT2D eigenvalue weighted by molar-refractivity contribution is -0.136. The summed E-state index contributed by atoms with van der Waals surface area (Å²) in [5, 5.41) is 19.8. The third-order valence-corrected chi connectivity index (χ3v) is 7.02. The second-order valence-electron chi connectivity index (χ2n) is 8.16. The third-order valence-electron chi connectivity index (χ3n) is 5.42. The number of rotatable bonds is 12. The van der Waals surface area contributed by atoms with E-state index in [0.29, 0.717) is 36.0 Å². The van der Waals surface area contributed by atoms with Crippen LogP contribution in [0.2, 0.25) is 0 Å². The van der Waals surface area contributed by atoms with E-state index in [4.69, 9.17) is 18.9 Å². The number of carbonyl (C=O) groups excluding carboxylic acids is 2. The van der Waals surface area contributed by atoms with Gasteiger partial charge >= 0.3 is 12.0 Å². The number of amides is 2. The number of ether oxygens (including phenoxy) is 4. The second kappa shape index (κ2) is 14.6. The van der Waals surface area contributed by atoms with E-state index in [-0.39, 0.29) is 12.2 Å². The minimum Gasteiger partial charge on any atom is -0.492 e. The number of carbonyl (C=O) groups is 2. The minimum absolute atomic E-state index is 0.119. The predicted octanol–water partition coefficient (Wildman–Crippen LogP) is 3.82. The van der Waals surface area contributed by atoms with E-state index in [9.17, 15) is 14.7 Å². The zero-order chi connectivity index (χ0) is 28.5. The van der Waals surface area contributed by atoms with Gasteiger partial charge in [0.15, 0.2) is 17.7 Å². The zero-order valence-electron chi connectivity index (χ0n) is 21.8. The molecule has 210 valence electrons. The smallest absolute Gasteiger partial charge is 0.337 e. The van der Waals surface area contributed by atoms with Gasteiger partial charge in [-0.3, -0.25) is 5.43 Å². The highest BCUT2D eigenvalue weighted by molar-refractivity contribution is 14.1. The number of nitrogens with zero attached hydrogens (tertiary/aromatic N) is 1. The molecule has 2 aromatic rings. The fourth-order valence-corrected chi connectivity index (χ4v) is 5.88. The Bertz CT molecular complexity index is 1250. The quantitative estimate of drug-likeness (QED) is 0.0843. The van der Waals surface area contributed by atoms with Crippen molar-refractivity contribution < 1.29 is 33.6 Å². The van der Waals surface area contributed by atoms with Crippen LogP contribution in [0.1, 0.15) is 37.9 Å². The van der Waals surface area contributed by atoms with Crippen LogP contribution in [0.3, 0.4) is 0 Å². The lowest BCUT2D eigenvalue weighted by Crippen LogP contribution is -2.45. The normalized spacial score (nSPS) is 15.9. The summed E-state index contributed by atoms with van der Waals surface area (Å²) < 4.78 is 24.0. The van der Waals surface area contributed by atoms with Gasteiger partial charge in [-0.1, -0.05) is 6.07 Å². The van der Waals surface area contributed by atoms with E-state index in [1.54, 1.807) is 31.3 Å². The topological polar surface area (TPSA) is 140 Å². The summed E-state index contributed by atoms with van der Waals surface area (Å²) in [6.45, 7) is 6.20. The first-order chi connectivity index (χ1) is 18.7. The molecule has 0 radical (unpaired) electrons. The fourth-order valence-electron chi connectivity index (χ4n) is 3.76. The Balaban J connectivity index is 1.69. The first kappa shape index (κ1) is 30.7. The molecule has 2 aromatic carbocycles. The number of hydrogen-bond donors (Lipinski definition) is 4. The number of allylic oxidation sites excluding steroid dienone is 1. The Labute approximate surface area is 254 Å². The van der Waals surface area contributed by atoms with Crippen LogP contribution in [0.15, 0.2) is 46.7 Å². The molecule has 3 rings (SSSR count). The molecule has 0 saturated heterocycles. The molecular formula is C26H30I2N4O7. The number of esters is 1. The summed E-state index contributed by atoms with van der Waals surface area (Å²) in [6, 6.07) is 7.73. The van der Waals surface area contributed by atoms with Gasteiger partial charge in [0, 0.05) is 5.70 Å². The molecule has 2 amide bonds. The summed E-state index contributed by atoms with van der Waals surface area (Å²) >= 11 is 4.42. The Morgan fingerprint density at radius 3 is 2.46 bits per heavy atom. The summed E-state index contributed by atoms with van der Waals surface area (Å²) in [5.74, 6) is 1.04. The molecule has 13 heteroatoms. The van der Waals surface area contributed by atoms with Crippen molar-refractivity contribution >= 4 is 63.4 Å². The van der Waals surface area contributed by atoms with Gasteiger partial charge in [0.1, 0.15) is 12.4 Å². The summed E-state index contributed by atoms with van der Waals surface area (Å²) in [5.41, 5.74) is 4.77. The molecular weight excluding hydrogens is 734 g/mol. The average Bonchev–Trinajstić information content (AvgIpc) is 2.89. The zero-order valence-corrected chi connectivity index (χ0v) is 26.2. The van der Waals surface area contributed by atoms with Gasteiger partial charge in [0.2, 0.25) is 0 Å². The van der Waals surface area contributed by atoms with Gasteiger partial charge < -0.3 is 34.7 Å². The first-order valence-electron chi connectivity index (χ1n) is 12.0. The van der Waals surface area contributed by atoms with Crippen molar-refractivity contribution in [1.29, 1.82) is 0 Å². The number of hydrazone groups is 1. The maximum absolute atomic E-state index is 12.4. The summed E-state index contributed by atoms with van der Waals surface area (Å²) in [6.07, 6.45) is 0.502. The van der Waals surface area contributed by atoms with E-state index in [0.717, 1.165) is 18.5 Å². The molecule has 0 spiro atoms. The molecule has 1 aliphatic rings. The van der Waals surface area contributed by atoms with Crippen LogP contribution in [0, 0.1) is 7.14 Å². The highest BCUT2D eigenvalue weighted by Gasteiger charge is 2.32. The maximum atomic E-state index is 12.4. The molecule has 0 bridgehead atoms. The number of urea groups is 1. The van der Waals surface area contributed by atoms with Gasteiger partial charge in [-0.25, -0.2) is 9.59 Å². The number of aliphatic hydroxyl groups excluding tert-OH is 1. The van der Waals surface area contributed by atoms with Gasteiger partial charge in [0.25, 0.3) is 0 Å². The Kier molecular flexibility index (Phi) is 11.5. The molecule has 2 atom stereocenters. The molecule has 0 saturated carbocycles. The van der Waals surface area contributed by atoms with Crippen LogP contribution >= 0.6 is 45.2 Å². The highest BCUT2D eigenvalue weighted by atomic mass is 127. The van der Waals surface area contributed by atoms with E-state index < -0.39 is 24.3 Å². The number of nitrogens with one attached hydrogen (secondary N) is 3. The second-order valence-corrected chi connectivity index (χ2v) is 10.5. The van der Waals surface area contributed by atoms with Crippen LogP contribution in [0.25, 0.3) is 0 Å². The van der Waals surface area contributed by atoms with Crippen molar-refractivity contribution in [1.82, 2.24) is 16.1 Å². The van der Waals surface area contributed by atoms with E-state index in [1.807, 2.05) is 26.0 Å². The molecule has 0 aromatic heterocycles. The molecule has 0 fully saturated rings. The first-order valence-corrected chi connectivity index (χ1v) is 14.2. The lowest BCUT2D eigenvalue weighted by Gasteiger charge is -2.28. The third kappa shape index (κ3) is 8.11. The predicted molar refractivity (Wildman–Crippen MR) is 162 cm³/mol. The van der Waals surface area contributed by atoms with Crippen LogP contribution in [0.5, 0.6) is 17.2 Å². The van der Waals surface area contributed by atoms with Crippen molar-refractivity contribution in [3.8, 4) is 17.2 Å². The van der Waals surface area contributed by atoms with Gasteiger partial charge in [-0.05, 0) is 101 Å². The summed E-state index contributed by atoms with van der Waals surface area (Å²) in [4.78, 5) is 24.5. The molecule has 0 aliphatic carbocycles. The minimum atomic E-state index is -1.10. The number of halogens is 2. The van der Waals surface area contributed by atoms with Gasteiger partial charge in [-0.2, -0.15) is 5.10 Å². The van der Waals surface area contributed by atoms with Crippen LogP contribution < -0.4 is 30.3 Å². The standard InChI is InChI=1S/C26H30I2N4O7/c1-5-37-20-11-16(23-22(25(34)36-4)14(3)30-26(35)31-23)7-8-19(20)39-13-21(33)32-29-12-15-9-17(27)24(38-6-2)18(28)10-15/h7-12,21,23,32-33H,5-6,13H2,1-4H3,(H2,30,31,35)/b29-12-/t21-,23+/m0/s1. The number of aliphatic hydroxyl groups is 1. The van der Waals surface area contributed by atoms with Crippen molar-refractivity contribution in [2.45, 2.75) is 33.0 Å². The number of methoxy groups -OCH3 is 1. The Morgan fingerprint density at radius 2 is 1.82 bits per heavy atom. The van der Waals surface area contributed by atoms with Gasteiger partial charge in [-0.15, -0.1) is 0 Å². The lowest BCUT2D eigenvalue weighted by atomic mass is 9.95. The highest BCUT2D eigenvalue weighted by Crippen LogP contribution is 2.35. The van der Waals surface area contributed by atoms with Crippen molar-refractivity contribution in [3.63, 3.8) is 0 Å². The fraction of sp³-hybridized carbons (Fsp3) is 0.346. The largest absolute Gasteiger partial charge is 0.492 e. The van der Waals surface area contributed by atoms with E-state index in [2.05, 4.69) is 66.3 Å². The molecule has 4 N–H and O–H groups in total. The Hall–Kier alpha value is -2.79. The number of hydrogen-bond acceptors (Lipinski definition) is 9. The van der Waals surface area contributed by atoms with E-state index in [1.165, 1.54) is 7.11 Å². The Morgan fingerprint density at radius 1 is 1.13 bits per heavy atom. The SMILES string of the molecule is CCOc1cc([C@H]2NC(=O)NC(C)=C2C(=O)OC)ccc1OC[C@H](O)N/N=C\c1cc(I)c(OCC)c(I)c1.